The number of ether oxygens (including phenoxy) is 1. The average molecular weight is 264 g/mol. The van der Waals surface area contributed by atoms with E-state index in [9.17, 15) is 4.79 Å². The Morgan fingerprint density at radius 1 is 1.47 bits per heavy atom. The molecule has 19 heavy (non-hydrogen) atoms. The summed E-state index contributed by atoms with van der Waals surface area (Å²) in [7, 11) is 1.54. The summed E-state index contributed by atoms with van der Waals surface area (Å²) in [6, 6.07) is 5.25. The number of nitrogens with zero attached hydrogens (tertiary/aromatic N) is 1. The minimum absolute atomic E-state index is 0.0261. The number of carbonyl (C=O) groups excluding carboxylic acids is 1. The molecule has 2 rings (SSSR count). The van der Waals surface area contributed by atoms with Crippen LogP contribution in [0.1, 0.15) is 29.6 Å². The number of nitrogens with two attached hydrogens (primary N) is 1. The SMILES string of the molecule is COc1cc(N)cc(C(=O)N(CCO)C2CCC2)c1. The van der Waals surface area contributed by atoms with Crippen LogP contribution in [0.15, 0.2) is 18.2 Å². The van der Waals surface area contributed by atoms with Gasteiger partial charge in [0.1, 0.15) is 5.75 Å². The number of amides is 1. The minimum atomic E-state index is -0.0932. The second-order valence-corrected chi connectivity index (χ2v) is 4.80. The van der Waals surface area contributed by atoms with E-state index < -0.39 is 0 Å². The highest BCUT2D eigenvalue weighted by atomic mass is 16.5. The van der Waals surface area contributed by atoms with Crippen molar-refractivity contribution in [3.05, 3.63) is 23.8 Å². The first-order valence-electron chi connectivity index (χ1n) is 6.52. The molecule has 1 aliphatic carbocycles. The Hall–Kier alpha value is -1.75. The van der Waals surface area contributed by atoms with Crippen LogP contribution >= 0.6 is 0 Å². The molecule has 1 saturated carbocycles. The van der Waals surface area contributed by atoms with E-state index in [-0.39, 0.29) is 18.6 Å². The summed E-state index contributed by atoms with van der Waals surface area (Å²) < 4.78 is 5.13. The van der Waals surface area contributed by atoms with Crippen LogP contribution in [-0.4, -0.2) is 42.2 Å². The monoisotopic (exact) mass is 264 g/mol. The molecule has 0 atom stereocenters. The molecule has 0 aromatic heterocycles. The maximum absolute atomic E-state index is 12.5. The first-order chi connectivity index (χ1) is 9.15. The number of benzene rings is 1. The van der Waals surface area contributed by atoms with Gasteiger partial charge in [0.15, 0.2) is 0 Å². The van der Waals surface area contributed by atoms with Crippen molar-refractivity contribution >= 4 is 11.6 Å². The van der Waals surface area contributed by atoms with Crippen molar-refractivity contribution in [3.8, 4) is 5.75 Å². The van der Waals surface area contributed by atoms with Crippen LogP contribution in [-0.2, 0) is 0 Å². The molecule has 0 aliphatic heterocycles. The molecule has 1 aliphatic rings. The van der Waals surface area contributed by atoms with E-state index >= 15 is 0 Å². The van der Waals surface area contributed by atoms with E-state index in [1.807, 2.05) is 0 Å². The summed E-state index contributed by atoms with van der Waals surface area (Å²) in [6.45, 7) is 0.336. The van der Waals surface area contributed by atoms with Gasteiger partial charge >= 0.3 is 0 Å². The summed E-state index contributed by atoms with van der Waals surface area (Å²) in [5.41, 5.74) is 6.78. The molecule has 1 aromatic carbocycles. The Morgan fingerprint density at radius 2 is 2.21 bits per heavy atom. The van der Waals surface area contributed by atoms with E-state index in [1.54, 1.807) is 30.2 Å². The summed E-state index contributed by atoms with van der Waals surface area (Å²) in [6.07, 6.45) is 3.15. The van der Waals surface area contributed by atoms with Gasteiger partial charge in [-0.3, -0.25) is 4.79 Å². The van der Waals surface area contributed by atoms with Crippen molar-refractivity contribution in [1.29, 1.82) is 0 Å². The van der Waals surface area contributed by atoms with Gasteiger partial charge in [0.25, 0.3) is 5.91 Å². The van der Waals surface area contributed by atoms with Crippen LogP contribution < -0.4 is 10.5 Å². The molecule has 1 amide bonds. The number of hydrogen-bond donors (Lipinski definition) is 2. The lowest BCUT2D eigenvalue weighted by atomic mass is 9.91. The van der Waals surface area contributed by atoms with Crippen molar-refractivity contribution in [2.24, 2.45) is 0 Å². The van der Waals surface area contributed by atoms with Gasteiger partial charge in [-0.25, -0.2) is 0 Å². The Kier molecular flexibility index (Phi) is 4.27. The normalized spacial score (nSPS) is 14.8. The van der Waals surface area contributed by atoms with E-state index in [0.29, 0.717) is 23.5 Å². The number of aliphatic hydroxyl groups excluding tert-OH is 1. The predicted molar refractivity (Wildman–Crippen MR) is 73.2 cm³/mol. The van der Waals surface area contributed by atoms with E-state index in [0.717, 1.165) is 19.3 Å². The zero-order valence-corrected chi connectivity index (χ0v) is 11.1. The fraction of sp³-hybridized carbons (Fsp3) is 0.500. The largest absolute Gasteiger partial charge is 0.497 e. The van der Waals surface area contributed by atoms with Gasteiger partial charge in [0.2, 0.25) is 0 Å². The standard InChI is InChI=1S/C14H20N2O3/c1-19-13-8-10(7-11(15)9-13)14(18)16(5-6-17)12-3-2-4-12/h7-9,12,17H,2-6,15H2,1H3. The molecule has 0 saturated heterocycles. The van der Waals surface area contributed by atoms with Crippen LogP contribution in [0.3, 0.4) is 0 Å². The van der Waals surface area contributed by atoms with Crippen molar-refractivity contribution in [2.75, 3.05) is 26.0 Å². The number of anilines is 1. The van der Waals surface area contributed by atoms with E-state index in [1.165, 1.54) is 0 Å². The predicted octanol–water partition coefficient (Wildman–Crippen LogP) is 1.26. The van der Waals surface area contributed by atoms with Gasteiger partial charge in [-0.05, 0) is 31.4 Å². The Labute approximate surface area is 113 Å². The molecule has 1 aromatic rings. The summed E-state index contributed by atoms with van der Waals surface area (Å²) in [4.78, 5) is 14.2. The van der Waals surface area contributed by atoms with Gasteiger partial charge in [-0.2, -0.15) is 0 Å². The molecular formula is C14H20N2O3. The van der Waals surface area contributed by atoms with Crippen molar-refractivity contribution in [3.63, 3.8) is 0 Å². The minimum Gasteiger partial charge on any atom is -0.497 e. The highest BCUT2D eigenvalue weighted by Crippen LogP contribution is 2.27. The average Bonchev–Trinajstić information content (AvgIpc) is 2.34. The molecule has 0 radical (unpaired) electrons. The molecule has 0 bridgehead atoms. The number of methoxy groups -OCH3 is 1. The fourth-order valence-corrected chi connectivity index (χ4v) is 2.29. The lowest BCUT2D eigenvalue weighted by Gasteiger charge is -2.37. The molecule has 0 spiro atoms. The second kappa shape index (κ2) is 5.93. The molecule has 104 valence electrons. The third-order valence-electron chi connectivity index (χ3n) is 3.53. The molecule has 1 fully saturated rings. The molecular weight excluding hydrogens is 244 g/mol. The molecule has 3 N–H and O–H groups in total. The Bertz CT molecular complexity index is 458. The van der Waals surface area contributed by atoms with Gasteiger partial charge in [0.05, 0.1) is 13.7 Å². The number of rotatable bonds is 5. The highest BCUT2D eigenvalue weighted by Gasteiger charge is 2.29. The zero-order valence-electron chi connectivity index (χ0n) is 11.1. The highest BCUT2D eigenvalue weighted by molar-refractivity contribution is 5.95. The molecule has 0 unspecified atom stereocenters. The first-order valence-corrected chi connectivity index (χ1v) is 6.52. The summed E-state index contributed by atoms with van der Waals surface area (Å²) in [5.74, 6) is 0.477. The van der Waals surface area contributed by atoms with Crippen molar-refractivity contribution in [1.82, 2.24) is 4.90 Å². The van der Waals surface area contributed by atoms with Crippen molar-refractivity contribution in [2.45, 2.75) is 25.3 Å². The van der Waals surface area contributed by atoms with Gasteiger partial charge < -0.3 is 20.5 Å². The smallest absolute Gasteiger partial charge is 0.254 e. The van der Waals surface area contributed by atoms with E-state index in [4.69, 9.17) is 15.6 Å². The maximum Gasteiger partial charge on any atom is 0.254 e. The number of hydrogen-bond acceptors (Lipinski definition) is 4. The van der Waals surface area contributed by atoms with Crippen molar-refractivity contribution < 1.29 is 14.6 Å². The zero-order chi connectivity index (χ0) is 13.8. The van der Waals surface area contributed by atoms with Gasteiger partial charge in [-0.15, -0.1) is 0 Å². The third kappa shape index (κ3) is 2.98. The van der Waals surface area contributed by atoms with Crippen LogP contribution in [0.25, 0.3) is 0 Å². The first kappa shape index (κ1) is 13.7. The molecule has 0 heterocycles. The van der Waals surface area contributed by atoms with Crippen LogP contribution in [0.4, 0.5) is 5.69 Å². The van der Waals surface area contributed by atoms with Gasteiger partial charge in [0, 0.05) is 29.9 Å². The Balaban J connectivity index is 2.22. The van der Waals surface area contributed by atoms with E-state index in [2.05, 4.69) is 0 Å². The topological polar surface area (TPSA) is 75.8 Å². The second-order valence-electron chi connectivity index (χ2n) is 4.80. The van der Waals surface area contributed by atoms with Crippen LogP contribution in [0.5, 0.6) is 5.75 Å². The quantitative estimate of drug-likeness (QED) is 0.785. The maximum atomic E-state index is 12.5. The van der Waals surface area contributed by atoms with Crippen LogP contribution in [0.2, 0.25) is 0 Å². The van der Waals surface area contributed by atoms with Crippen LogP contribution in [0, 0.1) is 0 Å². The number of aliphatic hydroxyl groups is 1. The summed E-state index contributed by atoms with van der Waals surface area (Å²) in [5, 5.41) is 9.11. The molecule has 5 nitrogen and oxygen atoms in total. The number of carbonyl (C=O) groups is 1. The molecule has 5 heteroatoms. The lowest BCUT2D eigenvalue weighted by molar-refractivity contribution is 0.0525. The fourth-order valence-electron chi connectivity index (χ4n) is 2.29. The third-order valence-corrected chi connectivity index (χ3v) is 3.53. The Morgan fingerprint density at radius 3 is 2.74 bits per heavy atom. The van der Waals surface area contributed by atoms with Gasteiger partial charge in [-0.1, -0.05) is 0 Å². The lowest BCUT2D eigenvalue weighted by Crippen LogP contribution is -2.45. The number of nitrogen functional groups attached to an aromatic ring is 1. The summed E-state index contributed by atoms with van der Waals surface area (Å²) >= 11 is 0.